The van der Waals surface area contributed by atoms with Crippen LogP contribution < -0.4 is 0 Å². The number of aromatic nitrogens is 2. The predicted octanol–water partition coefficient (Wildman–Crippen LogP) is 4.81. The number of rotatable bonds is 5. The highest BCUT2D eigenvalue weighted by Crippen LogP contribution is 2.25. The van der Waals surface area contributed by atoms with Crippen LogP contribution in [0.4, 0.5) is 0 Å². The smallest absolute Gasteiger partial charge is 0.253 e. The zero-order valence-electron chi connectivity index (χ0n) is 17.4. The molecule has 0 unspecified atom stereocenters. The van der Waals surface area contributed by atoms with Gasteiger partial charge in [0.25, 0.3) is 5.91 Å². The summed E-state index contributed by atoms with van der Waals surface area (Å²) in [5, 5.41) is 8.20. The van der Waals surface area contributed by atoms with Gasteiger partial charge in [-0.2, -0.15) is 5.10 Å². The first-order chi connectivity index (χ1) is 14.5. The van der Waals surface area contributed by atoms with E-state index < -0.39 is 0 Å². The summed E-state index contributed by atoms with van der Waals surface area (Å²) < 4.78 is 0. The number of aromatic amines is 1. The van der Waals surface area contributed by atoms with Crippen LogP contribution in [-0.2, 0) is 0 Å². The molecule has 6 heteroatoms. The van der Waals surface area contributed by atoms with Crippen LogP contribution in [-0.4, -0.2) is 58.6 Å². The van der Waals surface area contributed by atoms with Crippen LogP contribution in [0.15, 0.2) is 54.6 Å². The highest BCUT2D eigenvalue weighted by atomic mass is 35.5. The fourth-order valence-corrected chi connectivity index (χ4v) is 3.99. The summed E-state index contributed by atoms with van der Waals surface area (Å²) >= 11 is 5.96. The fourth-order valence-electron chi connectivity index (χ4n) is 3.86. The zero-order valence-corrected chi connectivity index (χ0v) is 18.2. The van der Waals surface area contributed by atoms with Crippen molar-refractivity contribution in [2.75, 3.05) is 32.7 Å². The van der Waals surface area contributed by atoms with Crippen LogP contribution in [0.25, 0.3) is 22.5 Å². The molecule has 0 spiro atoms. The van der Waals surface area contributed by atoms with E-state index in [9.17, 15) is 4.79 Å². The first-order valence-electron chi connectivity index (χ1n) is 10.4. The summed E-state index contributed by atoms with van der Waals surface area (Å²) in [4.78, 5) is 17.3. The van der Waals surface area contributed by atoms with E-state index in [1.165, 1.54) is 0 Å². The van der Waals surface area contributed by atoms with Crippen molar-refractivity contribution in [2.45, 2.75) is 13.8 Å². The maximum absolute atomic E-state index is 12.9. The molecular weight excluding hydrogens is 396 g/mol. The normalized spacial score (nSPS) is 15.0. The molecule has 30 heavy (non-hydrogen) atoms. The topological polar surface area (TPSA) is 52.2 Å². The van der Waals surface area contributed by atoms with Gasteiger partial charge >= 0.3 is 0 Å². The van der Waals surface area contributed by atoms with Gasteiger partial charge in [-0.25, -0.2) is 0 Å². The first kappa shape index (κ1) is 20.6. The highest BCUT2D eigenvalue weighted by molar-refractivity contribution is 6.30. The van der Waals surface area contributed by atoms with E-state index in [-0.39, 0.29) is 5.91 Å². The van der Waals surface area contributed by atoms with Crippen molar-refractivity contribution in [3.63, 3.8) is 0 Å². The molecule has 1 aromatic heterocycles. The van der Waals surface area contributed by atoms with Gasteiger partial charge in [0.05, 0.1) is 11.4 Å². The minimum Gasteiger partial charge on any atom is -0.336 e. The van der Waals surface area contributed by atoms with Gasteiger partial charge in [0.1, 0.15) is 0 Å². The number of piperazine rings is 1. The predicted molar refractivity (Wildman–Crippen MR) is 122 cm³/mol. The molecule has 1 aliphatic heterocycles. The maximum atomic E-state index is 12.9. The molecule has 1 saturated heterocycles. The Hall–Kier alpha value is -2.63. The van der Waals surface area contributed by atoms with Gasteiger partial charge in [0, 0.05) is 48.9 Å². The number of carbonyl (C=O) groups is 1. The molecule has 5 nitrogen and oxygen atoms in total. The highest BCUT2D eigenvalue weighted by Gasteiger charge is 2.22. The third-order valence-corrected chi connectivity index (χ3v) is 5.70. The second-order valence-electron chi connectivity index (χ2n) is 8.24. The van der Waals surface area contributed by atoms with E-state index in [4.69, 9.17) is 11.6 Å². The second kappa shape index (κ2) is 9.02. The summed E-state index contributed by atoms with van der Waals surface area (Å²) in [6.07, 6.45) is 0. The number of amides is 1. The minimum atomic E-state index is 0.106. The number of halogens is 1. The van der Waals surface area contributed by atoms with E-state index in [0.29, 0.717) is 10.9 Å². The Labute approximate surface area is 182 Å². The number of nitrogens with zero attached hydrogens (tertiary/aromatic N) is 3. The Morgan fingerprint density at radius 2 is 1.63 bits per heavy atom. The number of H-pyrrole nitrogens is 1. The molecule has 1 fully saturated rings. The van der Waals surface area contributed by atoms with Gasteiger partial charge in [0.2, 0.25) is 0 Å². The molecule has 0 saturated carbocycles. The molecule has 0 bridgehead atoms. The Kier molecular flexibility index (Phi) is 6.21. The van der Waals surface area contributed by atoms with Crippen molar-refractivity contribution in [3.05, 3.63) is 65.2 Å². The van der Waals surface area contributed by atoms with Crippen LogP contribution in [0.2, 0.25) is 5.02 Å². The molecule has 0 atom stereocenters. The largest absolute Gasteiger partial charge is 0.336 e. The number of hydrogen-bond donors (Lipinski definition) is 1. The van der Waals surface area contributed by atoms with E-state index in [1.54, 1.807) is 0 Å². The van der Waals surface area contributed by atoms with Crippen LogP contribution in [0.1, 0.15) is 24.2 Å². The summed E-state index contributed by atoms with van der Waals surface area (Å²) in [6, 6.07) is 17.4. The quantitative estimate of drug-likeness (QED) is 0.641. The molecule has 0 radical (unpaired) electrons. The van der Waals surface area contributed by atoms with Gasteiger partial charge in [-0.1, -0.05) is 49.7 Å². The summed E-state index contributed by atoms with van der Waals surface area (Å²) in [5.41, 5.74) is 4.51. The molecule has 3 aromatic rings. The van der Waals surface area contributed by atoms with Crippen molar-refractivity contribution in [3.8, 4) is 22.5 Å². The SMILES string of the molecule is CC(C)CN1CCN(C(=O)c2ccc(-c3cc(-c4ccc(Cl)cc4)[nH]n3)cc2)CC1. The number of carbonyl (C=O) groups excluding carboxylic acids is 1. The molecule has 1 N–H and O–H groups in total. The molecular formula is C24H27ClN4O. The van der Waals surface area contributed by atoms with Gasteiger partial charge in [-0.15, -0.1) is 0 Å². The molecule has 2 aromatic carbocycles. The van der Waals surface area contributed by atoms with E-state index in [0.717, 1.165) is 60.8 Å². The Bertz CT molecular complexity index is 987. The lowest BCUT2D eigenvalue weighted by Gasteiger charge is -2.35. The minimum absolute atomic E-state index is 0.106. The standard InChI is InChI=1S/C24H27ClN4O/c1-17(2)16-28-11-13-29(14-12-28)24(30)20-5-3-18(4-6-20)22-15-23(27-26-22)19-7-9-21(25)10-8-19/h3-10,15,17H,11-14,16H2,1-2H3,(H,26,27). The molecule has 4 rings (SSSR count). The number of benzene rings is 2. The van der Waals surface area contributed by atoms with Crippen molar-refractivity contribution < 1.29 is 4.79 Å². The van der Waals surface area contributed by atoms with Crippen LogP contribution in [0.5, 0.6) is 0 Å². The molecule has 1 amide bonds. The second-order valence-corrected chi connectivity index (χ2v) is 8.67. The zero-order chi connectivity index (χ0) is 21.1. The third kappa shape index (κ3) is 4.74. The lowest BCUT2D eigenvalue weighted by Crippen LogP contribution is -2.49. The van der Waals surface area contributed by atoms with Crippen LogP contribution >= 0.6 is 11.6 Å². The van der Waals surface area contributed by atoms with Crippen LogP contribution in [0, 0.1) is 5.92 Å². The first-order valence-corrected chi connectivity index (χ1v) is 10.8. The average Bonchev–Trinajstić information content (AvgIpc) is 3.24. The fraction of sp³-hybridized carbons (Fsp3) is 0.333. The van der Waals surface area contributed by atoms with Gasteiger partial charge in [0.15, 0.2) is 0 Å². The maximum Gasteiger partial charge on any atom is 0.253 e. The Balaban J connectivity index is 1.41. The average molecular weight is 423 g/mol. The molecule has 156 valence electrons. The van der Waals surface area contributed by atoms with E-state index in [1.807, 2.05) is 59.5 Å². The molecule has 0 aliphatic carbocycles. The Morgan fingerprint density at radius 3 is 2.27 bits per heavy atom. The summed E-state index contributed by atoms with van der Waals surface area (Å²) in [6.45, 7) is 9.03. The van der Waals surface area contributed by atoms with Crippen molar-refractivity contribution in [1.82, 2.24) is 20.0 Å². The third-order valence-electron chi connectivity index (χ3n) is 5.44. The lowest BCUT2D eigenvalue weighted by atomic mass is 10.1. The Morgan fingerprint density at radius 1 is 1.00 bits per heavy atom. The lowest BCUT2D eigenvalue weighted by molar-refractivity contribution is 0.0624. The van der Waals surface area contributed by atoms with Gasteiger partial charge in [-0.05, 0) is 41.8 Å². The number of hydrogen-bond acceptors (Lipinski definition) is 3. The molecule has 2 heterocycles. The van der Waals surface area contributed by atoms with Crippen LogP contribution in [0.3, 0.4) is 0 Å². The summed E-state index contributed by atoms with van der Waals surface area (Å²) in [5.74, 6) is 0.761. The van der Waals surface area contributed by atoms with Crippen molar-refractivity contribution >= 4 is 17.5 Å². The van der Waals surface area contributed by atoms with Gasteiger partial charge in [-0.3, -0.25) is 14.8 Å². The van der Waals surface area contributed by atoms with Crippen molar-refractivity contribution in [2.24, 2.45) is 5.92 Å². The van der Waals surface area contributed by atoms with E-state index >= 15 is 0 Å². The van der Waals surface area contributed by atoms with E-state index in [2.05, 4.69) is 28.9 Å². The monoisotopic (exact) mass is 422 g/mol. The van der Waals surface area contributed by atoms with Gasteiger partial charge < -0.3 is 4.90 Å². The summed E-state index contributed by atoms with van der Waals surface area (Å²) in [7, 11) is 0. The number of nitrogens with one attached hydrogen (secondary N) is 1. The van der Waals surface area contributed by atoms with Crippen molar-refractivity contribution in [1.29, 1.82) is 0 Å². The molecule has 1 aliphatic rings.